The first-order chi connectivity index (χ1) is 14.5. The zero-order valence-electron chi connectivity index (χ0n) is 16.6. The molecule has 3 rings (SSSR count). The highest BCUT2D eigenvalue weighted by atomic mass is 19.1. The van der Waals surface area contributed by atoms with Crippen molar-refractivity contribution < 1.29 is 23.1 Å². The maximum absolute atomic E-state index is 13.6. The SMILES string of the molecule is O=C(CCNC(=O)c1ccc(F)cc1F)NCc1ccccc1CN1CCOCC1. The Labute approximate surface area is 174 Å². The summed E-state index contributed by atoms with van der Waals surface area (Å²) in [5.41, 5.74) is 1.93. The molecule has 160 valence electrons. The van der Waals surface area contributed by atoms with Crippen LogP contribution < -0.4 is 10.6 Å². The number of nitrogens with zero attached hydrogens (tertiary/aromatic N) is 1. The lowest BCUT2D eigenvalue weighted by atomic mass is 10.1. The minimum atomic E-state index is -0.936. The summed E-state index contributed by atoms with van der Waals surface area (Å²) in [5, 5.41) is 5.33. The van der Waals surface area contributed by atoms with E-state index in [1.165, 1.54) is 0 Å². The molecule has 1 heterocycles. The largest absolute Gasteiger partial charge is 0.379 e. The van der Waals surface area contributed by atoms with E-state index < -0.39 is 17.5 Å². The number of benzene rings is 2. The third-order valence-corrected chi connectivity index (χ3v) is 4.91. The standard InChI is InChI=1S/C22H25F2N3O3/c23-18-5-6-19(20(24)13-18)22(29)25-8-7-21(28)26-14-16-3-1-2-4-17(16)15-27-9-11-30-12-10-27/h1-6,13H,7-12,14-15H2,(H,25,29)(H,26,28). The predicted octanol–water partition coefficient (Wildman–Crippen LogP) is 2.23. The van der Waals surface area contributed by atoms with Gasteiger partial charge < -0.3 is 15.4 Å². The third kappa shape index (κ3) is 6.33. The molecular formula is C22H25F2N3O3. The van der Waals surface area contributed by atoms with E-state index >= 15 is 0 Å². The highest BCUT2D eigenvalue weighted by Gasteiger charge is 2.14. The Bertz CT molecular complexity index is 886. The maximum Gasteiger partial charge on any atom is 0.254 e. The van der Waals surface area contributed by atoms with E-state index in [1.807, 2.05) is 18.2 Å². The quantitative estimate of drug-likeness (QED) is 0.691. The number of rotatable bonds is 8. The van der Waals surface area contributed by atoms with Crippen LogP contribution in [-0.4, -0.2) is 49.6 Å². The molecule has 1 saturated heterocycles. The minimum Gasteiger partial charge on any atom is -0.379 e. The number of carbonyl (C=O) groups excluding carboxylic acids is 2. The predicted molar refractivity (Wildman–Crippen MR) is 108 cm³/mol. The number of nitrogens with one attached hydrogen (secondary N) is 2. The second kappa shape index (κ2) is 10.8. The highest BCUT2D eigenvalue weighted by molar-refractivity contribution is 5.94. The van der Waals surface area contributed by atoms with Crippen molar-refractivity contribution in [1.29, 1.82) is 0 Å². The first-order valence-electron chi connectivity index (χ1n) is 9.90. The fourth-order valence-corrected chi connectivity index (χ4v) is 3.22. The van der Waals surface area contributed by atoms with Crippen molar-refractivity contribution >= 4 is 11.8 Å². The van der Waals surface area contributed by atoms with Crippen molar-refractivity contribution in [2.75, 3.05) is 32.8 Å². The topological polar surface area (TPSA) is 70.7 Å². The summed E-state index contributed by atoms with van der Waals surface area (Å²) in [6, 6.07) is 10.7. The number of morpholine rings is 1. The molecule has 0 spiro atoms. The van der Waals surface area contributed by atoms with Gasteiger partial charge in [-0.05, 0) is 23.3 Å². The summed E-state index contributed by atoms with van der Waals surface area (Å²) in [6.07, 6.45) is 0.0557. The Morgan fingerprint density at radius 1 is 1.00 bits per heavy atom. The maximum atomic E-state index is 13.6. The van der Waals surface area contributed by atoms with Gasteiger partial charge in [-0.3, -0.25) is 14.5 Å². The van der Waals surface area contributed by atoms with E-state index in [0.717, 1.165) is 56.1 Å². The second-order valence-corrected chi connectivity index (χ2v) is 7.06. The molecular weight excluding hydrogens is 392 g/mol. The summed E-state index contributed by atoms with van der Waals surface area (Å²) in [7, 11) is 0. The van der Waals surface area contributed by atoms with Gasteiger partial charge in [-0.15, -0.1) is 0 Å². The van der Waals surface area contributed by atoms with Gasteiger partial charge in [0.2, 0.25) is 5.91 Å². The first kappa shape index (κ1) is 21.9. The van der Waals surface area contributed by atoms with E-state index in [0.29, 0.717) is 12.6 Å². The van der Waals surface area contributed by atoms with Gasteiger partial charge in [0.15, 0.2) is 0 Å². The highest BCUT2D eigenvalue weighted by Crippen LogP contribution is 2.13. The lowest BCUT2D eigenvalue weighted by Gasteiger charge is -2.27. The average molecular weight is 417 g/mol. The Morgan fingerprint density at radius 3 is 2.47 bits per heavy atom. The van der Waals surface area contributed by atoms with Crippen LogP contribution in [0.2, 0.25) is 0 Å². The normalized spacial score (nSPS) is 14.3. The van der Waals surface area contributed by atoms with Crippen molar-refractivity contribution in [2.45, 2.75) is 19.5 Å². The van der Waals surface area contributed by atoms with Crippen LogP contribution in [0, 0.1) is 11.6 Å². The van der Waals surface area contributed by atoms with Gasteiger partial charge in [0, 0.05) is 45.2 Å². The minimum absolute atomic E-state index is 0.0525. The second-order valence-electron chi connectivity index (χ2n) is 7.06. The van der Waals surface area contributed by atoms with Crippen LogP contribution in [0.3, 0.4) is 0 Å². The molecule has 0 unspecified atom stereocenters. The smallest absolute Gasteiger partial charge is 0.254 e. The van der Waals surface area contributed by atoms with Crippen LogP contribution in [0.25, 0.3) is 0 Å². The monoisotopic (exact) mass is 417 g/mol. The van der Waals surface area contributed by atoms with E-state index in [2.05, 4.69) is 21.6 Å². The molecule has 0 atom stereocenters. The Hall–Kier alpha value is -2.84. The number of halogens is 2. The summed E-state index contributed by atoms with van der Waals surface area (Å²) >= 11 is 0. The van der Waals surface area contributed by atoms with Crippen molar-refractivity contribution in [2.24, 2.45) is 0 Å². The van der Waals surface area contributed by atoms with Crippen molar-refractivity contribution in [3.8, 4) is 0 Å². The zero-order chi connectivity index (χ0) is 21.3. The molecule has 2 N–H and O–H groups in total. The van der Waals surface area contributed by atoms with Gasteiger partial charge in [0.05, 0.1) is 18.8 Å². The molecule has 2 amide bonds. The molecule has 0 aromatic heterocycles. The molecule has 0 bridgehead atoms. The number of hydrogen-bond acceptors (Lipinski definition) is 4. The van der Waals surface area contributed by atoms with E-state index in [-0.39, 0.29) is 24.4 Å². The fourth-order valence-electron chi connectivity index (χ4n) is 3.22. The average Bonchev–Trinajstić information content (AvgIpc) is 2.74. The van der Waals surface area contributed by atoms with Crippen molar-refractivity contribution in [3.63, 3.8) is 0 Å². The molecule has 0 radical (unpaired) electrons. The number of ether oxygens (including phenoxy) is 1. The molecule has 1 aliphatic heterocycles. The van der Waals surface area contributed by atoms with Gasteiger partial charge in [-0.2, -0.15) is 0 Å². The summed E-state index contributed by atoms with van der Waals surface area (Å²) in [4.78, 5) is 26.4. The molecule has 2 aromatic carbocycles. The van der Waals surface area contributed by atoms with Crippen molar-refractivity contribution in [1.82, 2.24) is 15.5 Å². The Kier molecular flexibility index (Phi) is 7.87. The van der Waals surface area contributed by atoms with Crippen LogP contribution in [0.5, 0.6) is 0 Å². The Balaban J connectivity index is 1.44. The lowest BCUT2D eigenvalue weighted by molar-refractivity contribution is -0.121. The fraction of sp³-hybridized carbons (Fsp3) is 0.364. The molecule has 2 aromatic rings. The Morgan fingerprint density at radius 2 is 1.73 bits per heavy atom. The van der Waals surface area contributed by atoms with Gasteiger partial charge >= 0.3 is 0 Å². The van der Waals surface area contributed by atoms with E-state index in [1.54, 1.807) is 0 Å². The lowest BCUT2D eigenvalue weighted by Crippen LogP contribution is -2.36. The van der Waals surface area contributed by atoms with Gasteiger partial charge in [0.1, 0.15) is 11.6 Å². The summed E-state index contributed by atoms with van der Waals surface area (Å²) < 4.78 is 31.9. The molecule has 0 aliphatic carbocycles. The zero-order valence-corrected chi connectivity index (χ0v) is 16.6. The van der Waals surface area contributed by atoms with Gasteiger partial charge in [-0.1, -0.05) is 24.3 Å². The van der Waals surface area contributed by atoms with Crippen molar-refractivity contribution in [3.05, 3.63) is 70.8 Å². The molecule has 0 saturated carbocycles. The van der Waals surface area contributed by atoms with Crippen LogP contribution in [0.15, 0.2) is 42.5 Å². The molecule has 1 aliphatic rings. The third-order valence-electron chi connectivity index (χ3n) is 4.91. The van der Waals surface area contributed by atoms with E-state index in [9.17, 15) is 18.4 Å². The van der Waals surface area contributed by atoms with Gasteiger partial charge in [-0.25, -0.2) is 8.78 Å². The van der Waals surface area contributed by atoms with Crippen LogP contribution in [0.4, 0.5) is 8.78 Å². The van der Waals surface area contributed by atoms with E-state index in [4.69, 9.17) is 4.74 Å². The first-order valence-corrected chi connectivity index (χ1v) is 9.90. The molecule has 8 heteroatoms. The molecule has 30 heavy (non-hydrogen) atoms. The molecule has 1 fully saturated rings. The molecule has 6 nitrogen and oxygen atoms in total. The summed E-state index contributed by atoms with van der Waals surface area (Å²) in [6.45, 7) is 4.47. The van der Waals surface area contributed by atoms with Crippen LogP contribution >= 0.6 is 0 Å². The van der Waals surface area contributed by atoms with Crippen LogP contribution in [-0.2, 0) is 22.6 Å². The van der Waals surface area contributed by atoms with Crippen LogP contribution in [0.1, 0.15) is 27.9 Å². The number of amides is 2. The van der Waals surface area contributed by atoms with Gasteiger partial charge in [0.25, 0.3) is 5.91 Å². The summed E-state index contributed by atoms with van der Waals surface area (Å²) in [5.74, 6) is -2.60. The number of carbonyl (C=O) groups is 2. The number of hydrogen-bond donors (Lipinski definition) is 2.